The molecule has 0 atom stereocenters. The average molecular weight is 225 g/mol. The summed E-state index contributed by atoms with van der Waals surface area (Å²) in [6.07, 6.45) is 0. The third-order valence-corrected chi connectivity index (χ3v) is 2.90. The van der Waals surface area contributed by atoms with E-state index in [4.69, 9.17) is 5.11 Å². The van der Waals surface area contributed by atoms with Gasteiger partial charge in [0.15, 0.2) is 0 Å². The molecule has 4 heteroatoms. The van der Waals surface area contributed by atoms with Gasteiger partial charge in [-0.25, -0.2) is 0 Å². The molecule has 1 aromatic rings. The van der Waals surface area contributed by atoms with Crippen LogP contribution in [0.1, 0.15) is 0 Å². The van der Waals surface area contributed by atoms with Crippen molar-refractivity contribution >= 4 is 23.4 Å². The van der Waals surface area contributed by atoms with Gasteiger partial charge in [-0.05, 0) is 12.1 Å². The minimum Gasteiger partial charge on any atom is -0.396 e. The van der Waals surface area contributed by atoms with Crippen molar-refractivity contribution in [3.63, 3.8) is 0 Å². The first kappa shape index (κ1) is 12.1. The highest BCUT2D eigenvalue weighted by atomic mass is 32.2. The Kier molecular flexibility index (Phi) is 5.21. The smallest absolute Gasteiger partial charge is 0.236 e. The van der Waals surface area contributed by atoms with Crippen molar-refractivity contribution in [2.24, 2.45) is 0 Å². The molecule has 0 aliphatic carbocycles. The van der Waals surface area contributed by atoms with Gasteiger partial charge in [0.1, 0.15) is 0 Å². The quantitative estimate of drug-likeness (QED) is 0.770. The summed E-state index contributed by atoms with van der Waals surface area (Å²) in [4.78, 5) is 13.3. The molecule has 1 N–H and O–H groups in total. The third-order valence-electron chi connectivity index (χ3n) is 1.98. The van der Waals surface area contributed by atoms with Crippen LogP contribution in [0.4, 0.5) is 5.69 Å². The van der Waals surface area contributed by atoms with Crippen molar-refractivity contribution in [3.8, 4) is 0 Å². The van der Waals surface area contributed by atoms with Crippen molar-refractivity contribution in [2.45, 2.75) is 0 Å². The molecule has 1 rings (SSSR count). The van der Waals surface area contributed by atoms with Gasteiger partial charge in [-0.3, -0.25) is 4.79 Å². The molecule has 0 unspecified atom stereocenters. The Balaban J connectivity index is 2.46. The molecule has 0 aromatic heterocycles. The molecule has 82 valence electrons. The Hall–Kier alpha value is -1.00. The number of thioether (sulfide) groups is 1. The maximum absolute atomic E-state index is 11.6. The van der Waals surface area contributed by atoms with E-state index in [0.29, 0.717) is 11.5 Å². The highest BCUT2D eigenvalue weighted by Crippen LogP contribution is 2.12. The second kappa shape index (κ2) is 6.48. The second-order valence-electron chi connectivity index (χ2n) is 3.06. The molecular formula is C11H15NO2S. The minimum atomic E-state index is 0.0552. The highest BCUT2D eigenvalue weighted by Gasteiger charge is 2.09. The van der Waals surface area contributed by atoms with E-state index in [1.165, 1.54) is 11.8 Å². The Bertz CT molecular complexity index is 303. The summed E-state index contributed by atoms with van der Waals surface area (Å²) in [5.41, 5.74) is 0.895. The summed E-state index contributed by atoms with van der Waals surface area (Å²) in [5.74, 6) is 1.07. The fourth-order valence-electron chi connectivity index (χ4n) is 1.12. The molecule has 0 spiro atoms. The van der Waals surface area contributed by atoms with Crippen LogP contribution in [0, 0.1) is 0 Å². The van der Waals surface area contributed by atoms with E-state index in [1.54, 1.807) is 11.9 Å². The lowest BCUT2D eigenvalue weighted by molar-refractivity contribution is -0.115. The Morgan fingerprint density at radius 2 is 2.07 bits per heavy atom. The number of benzene rings is 1. The summed E-state index contributed by atoms with van der Waals surface area (Å²) in [6, 6.07) is 9.52. The topological polar surface area (TPSA) is 40.5 Å². The first-order valence-electron chi connectivity index (χ1n) is 4.76. The molecule has 0 aliphatic rings. The van der Waals surface area contributed by atoms with Crippen molar-refractivity contribution < 1.29 is 9.90 Å². The summed E-state index contributed by atoms with van der Waals surface area (Å²) in [6.45, 7) is 0.118. The van der Waals surface area contributed by atoms with Crippen LogP contribution in [0.25, 0.3) is 0 Å². The van der Waals surface area contributed by atoms with Gasteiger partial charge in [0.2, 0.25) is 5.91 Å². The first-order valence-corrected chi connectivity index (χ1v) is 5.91. The number of hydrogen-bond donors (Lipinski definition) is 1. The normalized spacial score (nSPS) is 10.0. The van der Waals surface area contributed by atoms with Crippen LogP contribution < -0.4 is 4.90 Å². The van der Waals surface area contributed by atoms with E-state index in [2.05, 4.69) is 0 Å². The SMILES string of the molecule is CN(C(=O)CSCCO)c1ccccc1. The van der Waals surface area contributed by atoms with Crippen LogP contribution >= 0.6 is 11.8 Å². The second-order valence-corrected chi connectivity index (χ2v) is 4.17. The number of carbonyl (C=O) groups is 1. The number of nitrogens with zero attached hydrogens (tertiary/aromatic N) is 1. The standard InChI is InChI=1S/C11H15NO2S/c1-12(10-5-3-2-4-6-10)11(14)9-15-8-7-13/h2-6,13H,7-9H2,1H3. The van der Waals surface area contributed by atoms with E-state index >= 15 is 0 Å². The molecule has 0 saturated heterocycles. The number of amides is 1. The zero-order valence-corrected chi connectivity index (χ0v) is 9.54. The molecule has 1 amide bonds. The van der Waals surface area contributed by atoms with Crippen LogP contribution in [-0.4, -0.2) is 36.2 Å². The van der Waals surface area contributed by atoms with E-state index in [0.717, 1.165) is 5.69 Å². The molecule has 0 saturated carbocycles. The largest absolute Gasteiger partial charge is 0.396 e. The van der Waals surface area contributed by atoms with E-state index in [9.17, 15) is 4.79 Å². The fourth-order valence-corrected chi connectivity index (χ4v) is 1.76. The number of carbonyl (C=O) groups excluding carboxylic acids is 1. The maximum atomic E-state index is 11.6. The molecule has 0 fully saturated rings. The zero-order chi connectivity index (χ0) is 11.1. The van der Waals surface area contributed by atoms with Gasteiger partial charge in [0.25, 0.3) is 0 Å². The number of anilines is 1. The molecule has 0 aliphatic heterocycles. The molecule has 0 radical (unpaired) electrons. The number of hydrogen-bond acceptors (Lipinski definition) is 3. The lowest BCUT2D eigenvalue weighted by atomic mass is 10.3. The Morgan fingerprint density at radius 3 is 2.67 bits per heavy atom. The maximum Gasteiger partial charge on any atom is 0.236 e. The molecule has 0 heterocycles. The Labute approximate surface area is 94.1 Å². The van der Waals surface area contributed by atoms with Gasteiger partial charge in [-0.1, -0.05) is 18.2 Å². The summed E-state index contributed by atoms with van der Waals surface area (Å²) < 4.78 is 0. The predicted octanol–water partition coefficient (Wildman–Crippen LogP) is 1.37. The Morgan fingerprint density at radius 1 is 1.40 bits per heavy atom. The number of para-hydroxylation sites is 1. The monoisotopic (exact) mass is 225 g/mol. The molecule has 1 aromatic carbocycles. The van der Waals surface area contributed by atoms with Crippen molar-refractivity contribution in [2.75, 3.05) is 30.1 Å². The fraction of sp³-hybridized carbons (Fsp3) is 0.364. The van der Waals surface area contributed by atoms with Crippen LogP contribution in [0.3, 0.4) is 0 Å². The zero-order valence-electron chi connectivity index (χ0n) is 8.72. The predicted molar refractivity (Wildman–Crippen MR) is 64.3 cm³/mol. The van der Waals surface area contributed by atoms with Gasteiger partial charge < -0.3 is 10.0 Å². The summed E-state index contributed by atoms with van der Waals surface area (Å²) in [5, 5.41) is 8.59. The van der Waals surface area contributed by atoms with E-state index in [-0.39, 0.29) is 12.5 Å². The molecule has 3 nitrogen and oxygen atoms in total. The highest BCUT2D eigenvalue weighted by molar-refractivity contribution is 7.99. The number of aliphatic hydroxyl groups is 1. The number of aliphatic hydroxyl groups excluding tert-OH is 1. The van der Waals surface area contributed by atoms with Crippen molar-refractivity contribution in [1.29, 1.82) is 0 Å². The third kappa shape index (κ3) is 3.93. The first-order chi connectivity index (χ1) is 7.25. The summed E-state index contributed by atoms with van der Waals surface area (Å²) in [7, 11) is 1.76. The van der Waals surface area contributed by atoms with Crippen LogP contribution in [-0.2, 0) is 4.79 Å². The van der Waals surface area contributed by atoms with Crippen LogP contribution in [0.2, 0.25) is 0 Å². The van der Waals surface area contributed by atoms with E-state index in [1.807, 2.05) is 30.3 Å². The van der Waals surface area contributed by atoms with Crippen LogP contribution in [0.15, 0.2) is 30.3 Å². The van der Waals surface area contributed by atoms with Crippen molar-refractivity contribution in [1.82, 2.24) is 0 Å². The minimum absolute atomic E-state index is 0.0552. The van der Waals surface area contributed by atoms with Gasteiger partial charge in [0.05, 0.1) is 12.4 Å². The van der Waals surface area contributed by atoms with E-state index < -0.39 is 0 Å². The van der Waals surface area contributed by atoms with Gasteiger partial charge in [0, 0.05) is 18.5 Å². The summed E-state index contributed by atoms with van der Waals surface area (Å²) >= 11 is 1.44. The average Bonchev–Trinajstić information content (AvgIpc) is 2.29. The molecular weight excluding hydrogens is 210 g/mol. The number of rotatable bonds is 5. The van der Waals surface area contributed by atoms with Crippen molar-refractivity contribution in [3.05, 3.63) is 30.3 Å². The molecule has 0 bridgehead atoms. The molecule has 15 heavy (non-hydrogen) atoms. The lowest BCUT2D eigenvalue weighted by Crippen LogP contribution is -2.28. The van der Waals surface area contributed by atoms with Gasteiger partial charge in [-0.15, -0.1) is 11.8 Å². The van der Waals surface area contributed by atoms with Crippen LogP contribution in [0.5, 0.6) is 0 Å². The van der Waals surface area contributed by atoms with Gasteiger partial charge >= 0.3 is 0 Å². The lowest BCUT2D eigenvalue weighted by Gasteiger charge is -2.16. The van der Waals surface area contributed by atoms with Gasteiger partial charge in [-0.2, -0.15) is 0 Å².